The minimum Gasteiger partial charge on any atom is -0.288 e. The molecular formula is C21H16N2O. The quantitative estimate of drug-likeness (QED) is 0.625. The largest absolute Gasteiger partial charge is 0.288 e. The van der Waals surface area contributed by atoms with Crippen molar-refractivity contribution in [1.82, 2.24) is 0 Å². The van der Waals surface area contributed by atoms with Gasteiger partial charge in [-0.25, -0.2) is 0 Å². The Morgan fingerprint density at radius 2 is 1.96 bits per heavy atom. The fourth-order valence-electron chi connectivity index (χ4n) is 2.82. The summed E-state index contributed by atoms with van der Waals surface area (Å²) in [6, 6.07) is 17.3. The second kappa shape index (κ2) is 6.80. The van der Waals surface area contributed by atoms with Crippen LogP contribution in [0, 0.1) is 11.3 Å². The lowest BCUT2D eigenvalue weighted by molar-refractivity contribution is -0.114. The maximum atomic E-state index is 12.5. The standard InChI is InChI=1S/C21H16N2O/c1-2-3-12-21(24)23-17(15-22)13-14-19-18(10-7-11-20(19)23)16-8-5-4-6-9-16/h2-14,17H,1H2/b12-3+. The van der Waals surface area contributed by atoms with Gasteiger partial charge in [-0.1, -0.05) is 67.3 Å². The van der Waals surface area contributed by atoms with Crippen LogP contribution in [0.15, 0.2) is 79.4 Å². The molecule has 3 heteroatoms. The lowest BCUT2D eigenvalue weighted by atomic mass is 9.94. The Labute approximate surface area is 141 Å². The zero-order valence-corrected chi connectivity index (χ0v) is 13.1. The first-order valence-electron chi connectivity index (χ1n) is 7.65. The van der Waals surface area contributed by atoms with E-state index in [1.54, 1.807) is 18.2 Å². The van der Waals surface area contributed by atoms with Crippen molar-refractivity contribution in [3.63, 3.8) is 0 Å². The average molecular weight is 312 g/mol. The number of anilines is 1. The number of rotatable bonds is 3. The molecule has 0 spiro atoms. The number of amides is 1. The summed E-state index contributed by atoms with van der Waals surface area (Å²) in [4.78, 5) is 14.1. The second-order valence-corrected chi connectivity index (χ2v) is 5.34. The van der Waals surface area contributed by atoms with Gasteiger partial charge in [0.05, 0.1) is 11.8 Å². The average Bonchev–Trinajstić information content (AvgIpc) is 2.65. The number of hydrogen-bond donors (Lipinski definition) is 0. The van der Waals surface area contributed by atoms with Crippen molar-refractivity contribution in [3.8, 4) is 17.2 Å². The highest BCUT2D eigenvalue weighted by atomic mass is 16.2. The van der Waals surface area contributed by atoms with Crippen molar-refractivity contribution in [1.29, 1.82) is 5.26 Å². The van der Waals surface area contributed by atoms with Crippen molar-refractivity contribution in [3.05, 3.63) is 85.0 Å². The van der Waals surface area contributed by atoms with Crippen LogP contribution in [0.2, 0.25) is 0 Å². The number of carbonyl (C=O) groups excluding carboxylic acids is 1. The van der Waals surface area contributed by atoms with Gasteiger partial charge in [-0.05, 0) is 23.3 Å². The summed E-state index contributed by atoms with van der Waals surface area (Å²) < 4.78 is 0. The highest BCUT2D eigenvalue weighted by Gasteiger charge is 2.27. The third-order valence-electron chi connectivity index (χ3n) is 3.90. The van der Waals surface area contributed by atoms with Crippen molar-refractivity contribution < 1.29 is 4.79 Å². The van der Waals surface area contributed by atoms with E-state index in [-0.39, 0.29) is 5.91 Å². The molecule has 116 valence electrons. The summed E-state index contributed by atoms with van der Waals surface area (Å²) >= 11 is 0. The molecule has 1 aliphatic heterocycles. The van der Waals surface area contributed by atoms with Gasteiger partial charge in [-0.3, -0.25) is 9.69 Å². The SMILES string of the molecule is C=C/C=C/C(=O)N1c2cccc(-c3ccccc3)c2C=CC1C#N. The molecular weight excluding hydrogens is 296 g/mol. The molecule has 0 saturated heterocycles. The number of hydrogen-bond acceptors (Lipinski definition) is 2. The van der Waals surface area contributed by atoms with E-state index in [1.165, 1.54) is 11.0 Å². The van der Waals surface area contributed by atoms with Crippen LogP contribution in [0.25, 0.3) is 17.2 Å². The predicted octanol–water partition coefficient (Wildman–Crippen LogP) is 4.35. The summed E-state index contributed by atoms with van der Waals surface area (Å²) in [7, 11) is 0. The minimum atomic E-state index is -0.620. The van der Waals surface area contributed by atoms with Crippen LogP contribution in [0.5, 0.6) is 0 Å². The van der Waals surface area contributed by atoms with Crippen LogP contribution in [0.1, 0.15) is 5.56 Å². The maximum Gasteiger partial charge on any atom is 0.252 e. The van der Waals surface area contributed by atoms with E-state index in [0.29, 0.717) is 0 Å². The van der Waals surface area contributed by atoms with Crippen LogP contribution in [0.4, 0.5) is 5.69 Å². The highest BCUT2D eigenvalue weighted by Crippen LogP contribution is 2.36. The molecule has 1 aliphatic rings. The molecule has 0 aliphatic carbocycles. The van der Waals surface area contributed by atoms with Gasteiger partial charge in [0.15, 0.2) is 0 Å². The lowest BCUT2D eigenvalue weighted by Crippen LogP contribution is -2.39. The van der Waals surface area contributed by atoms with Crippen molar-refractivity contribution in [2.24, 2.45) is 0 Å². The Hall–Kier alpha value is -3.38. The Morgan fingerprint density at radius 1 is 1.17 bits per heavy atom. The zero-order chi connectivity index (χ0) is 16.9. The molecule has 2 aromatic carbocycles. The predicted molar refractivity (Wildman–Crippen MR) is 97.1 cm³/mol. The molecule has 0 saturated carbocycles. The molecule has 0 N–H and O–H groups in total. The minimum absolute atomic E-state index is 0.239. The van der Waals surface area contributed by atoms with E-state index in [4.69, 9.17) is 0 Å². The first kappa shape index (κ1) is 15.5. The number of carbonyl (C=O) groups is 1. The number of nitrogens with zero attached hydrogens (tertiary/aromatic N) is 2. The van der Waals surface area contributed by atoms with E-state index in [2.05, 4.69) is 12.6 Å². The van der Waals surface area contributed by atoms with Crippen LogP contribution >= 0.6 is 0 Å². The molecule has 1 atom stereocenters. The van der Waals surface area contributed by atoms with Gasteiger partial charge in [0.1, 0.15) is 6.04 Å². The van der Waals surface area contributed by atoms with Gasteiger partial charge < -0.3 is 0 Å². The summed E-state index contributed by atoms with van der Waals surface area (Å²) in [6.07, 6.45) is 8.23. The fraction of sp³-hybridized carbons (Fsp3) is 0.0476. The fourth-order valence-corrected chi connectivity index (χ4v) is 2.82. The van der Waals surface area contributed by atoms with Gasteiger partial charge in [-0.2, -0.15) is 5.26 Å². The molecule has 3 rings (SSSR count). The normalized spacial score (nSPS) is 15.8. The lowest BCUT2D eigenvalue weighted by Gasteiger charge is -2.30. The van der Waals surface area contributed by atoms with Gasteiger partial charge in [-0.15, -0.1) is 0 Å². The van der Waals surface area contributed by atoms with E-state index in [1.807, 2.05) is 54.6 Å². The number of fused-ring (bicyclic) bond motifs is 1. The van der Waals surface area contributed by atoms with Crippen LogP contribution < -0.4 is 4.90 Å². The monoisotopic (exact) mass is 312 g/mol. The highest BCUT2D eigenvalue weighted by molar-refractivity contribution is 6.06. The first-order valence-corrected chi connectivity index (χ1v) is 7.65. The molecule has 0 radical (unpaired) electrons. The molecule has 0 aromatic heterocycles. The zero-order valence-electron chi connectivity index (χ0n) is 13.1. The van der Waals surface area contributed by atoms with Crippen LogP contribution in [-0.2, 0) is 4.79 Å². The number of allylic oxidation sites excluding steroid dienone is 2. The van der Waals surface area contributed by atoms with E-state index >= 15 is 0 Å². The van der Waals surface area contributed by atoms with Crippen LogP contribution in [-0.4, -0.2) is 11.9 Å². The molecule has 1 amide bonds. The molecule has 1 heterocycles. The Morgan fingerprint density at radius 3 is 2.67 bits per heavy atom. The molecule has 0 fully saturated rings. The number of nitriles is 1. The molecule has 2 aromatic rings. The first-order chi connectivity index (χ1) is 11.8. The summed E-state index contributed by atoms with van der Waals surface area (Å²) in [5, 5.41) is 9.41. The third kappa shape index (κ3) is 2.78. The summed E-state index contributed by atoms with van der Waals surface area (Å²) in [6.45, 7) is 3.58. The second-order valence-electron chi connectivity index (χ2n) is 5.34. The smallest absolute Gasteiger partial charge is 0.252 e. The molecule has 1 unspecified atom stereocenters. The van der Waals surface area contributed by atoms with E-state index in [0.717, 1.165) is 22.4 Å². The number of benzene rings is 2. The summed E-state index contributed by atoms with van der Waals surface area (Å²) in [5.74, 6) is -0.239. The van der Waals surface area contributed by atoms with Crippen molar-refractivity contribution >= 4 is 17.7 Å². The van der Waals surface area contributed by atoms with Gasteiger partial charge in [0.2, 0.25) is 0 Å². The topological polar surface area (TPSA) is 44.1 Å². The molecule has 0 bridgehead atoms. The van der Waals surface area contributed by atoms with Gasteiger partial charge in [0.25, 0.3) is 5.91 Å². The van der Waals surface area contributed by atoms with Crippen LogP contribution in [0.3, 0.4) is 0 Å². The van der Waals surface area contributed by atoms with Crippen molar-refractivity contribution in [2.75, 3.05) is 4.90 Å². The van der Waals surface area contributed by atoms with E-state index < -0.39 is 6.04 Å². The molecule has 24 heavy (non-hydrogen) atoms. The Balaban J connectivity index is 2.14. The summed E-state index contributed by atoms with van der Waals surface area (Å²) in [5.41, 5.74) is 3.79. The van der Waals surface area contributed by atoms with Crippen molar-refractivity contribution in [2.45, 2.75) is 6.04 Å². The maximum absolute atomic E-state index is 12.5. The van der Waals surface area contributed by atoms with Gasteiger partial charge >= 0.3 is 0 Å². The molecule has 3 nitrogen and oxygen atoms in total. The van der Waals surface area contributed by atoms with Gasteiger partial charge in [0, 0.05) is 11.6 Å². The third-order valence-corrected chi connectivity index (χ3v) is 3.90. The Kier molecular flexibility index (Phi) is 4.40. The van der Waals surface area contributed by atoms with E-state index in [9.17, 15) is 10.1 Å². The Bertz CT molecular complexity index is 872.